The Morgan fingerprint density at radius 3 is 3.00 bits per heavy atom. The summed E-state index contributed by atoms with van der Waals surface area (Å²) in [6, 6.07) is 8.05. The topological polar surface area (TPSA) is 68.0 Å². The van der Waals surface area contributed by atoms with Crippen LogP contribution < -0.4 is 11.1 Å². The van der Waals surface area contributed by atoms with E-state index in [0.29, 0.717) is 13.0 Å². The number of fused-ring (bicyclic) bond motifs is 1. The number of pyridine rings is 1. The van der Waals surface area contributed by atoms with Gasteiger partial charge in [0.2, 0.25) is 5.91 Å². The lowest BCUT2D eigenvalue weighted by Gasteiger charge is -2.13. The summed E-state index contributed by atoms with van der Waals surface area (Å²) in [5.41, 5.74) is 7.25. The molecule has 3 N–H and O–H groups in total. The number of benzene rings is 1. The zero-order chi connectivity index (χ0) is 13.8. The molecule has 1 unspecified atom stereocenters. The van der Waals surface area contributed by atoms with Crippen LogP contribution in [0.2, 0.25) is 0 Å². The minimum absolute atomic E-state index is 0.0555. The van der Waals surface area contributed by atoms with Gasteiger partial charge >= 0.3 is 0 Å². The highest BCUT2D eigenvalue weighted by atomic mass is 79.9. The van der Waals surface area contributed by atoms with Gasteiger partial charge in [-0.15, -0.1) is 0 Å². The summed E-state index contributed by atoms with van der Waals surface area (Å²) >= 11 is 3.52. The summed E-state index contributed by atoms with van der Waals surface area (Å²) in [6.07, 6.45) is 2.12. The molecule has 0 aliphatic heterocycles. The van der Waals surface area contributed by atoms with E-state index in [4.69, 9.17) is 5.73 Å². The highest BCUT2D eigenvalue weighted by molar-refractivity contribution is 9.10. The third-order valence-corrected chi connectivity index (χ3v) is 3.64. The number of rotatable bonds is 5. The molecule has 1 aromatic carbocycles. The van der Waals surface area contributed by atoms with E-state index in [1.807, 2.05) is 31.2 Å². The maximum absolute atomic E-state index is 10.8. The second-order valence-corrected chi connectivity index (χ2v) is 5.41. The van der Waals surface area contributed by atoms with E-state index in [0.717, 1.165) is 20.9 Å². The van der Waals surface area contributed by atoms with Gasteiger partial charge in [-0.3, -0.25) is 9.78 Å². The van der Waals surface area contributed by atoms with Gasteiger partial charge in [0.1, 0.15) is 0 Å². The number of nitrogens with one attached hydrogen (secondary N) is 1. The summed E-state index contributed by atoms with van der Waals surface area (Å²) in [6.45, 7) is 2.61. The molecule has 0 aliphatic carbocycles. The Kier molecular flexibility index (Phi) is 4.50. The van der Waals surface area contributed by atoms with E-state index >= 15 is 0 Å². The maximum atomic E-state index is 10.8. The van der Waals surface area contributed by atoms with E-state index in [9.17, 15) is 4.79 Å². The molecule has 1 amide bonds. The molecule has 0 bridgehead atoms. The van der Waals surface area contributed by atoms with Crippen molar-refractivity contribution < 1.29 is 4.79 Å². The van der Waals surface area contributed by atoms with Crippen LogP contribution in [0.15, 0.2) is 34.9 Å². The van der Waals surface area contributed by atoms with Gasteiger partial charge in [-0.2, -0.15) is 0 Å². The molecule has 1 heterocycles. The summed E-state index contributed by atoms with van der Waals surface area (Å²) in [5, 5.41) is 4.37. The number of carbonyl (C=O) groups excluding carboxylic acids is 1. The summed E-state index contributed by atoms with van der Waals surface area (Å²) in [4.78, 5) is 15.3. The van der Waals surface area contributed by atoms with Crippen molar-refractivity contribution >= 4 is 32.7 Å². The first-order valence-electron chi connectivity index (χ1n) is 6.11. The van der Waals surface area contributed by atoms with Crippen molar-refractivity contribution in [1.29, 1.82) is 0 Å². The first kappa shape index (κ1) is 14.0. The van der Waals surface area contributed by atoms with Gasteiger partial charge in [0.25, 0.3) is 0 Å². The molecule has 0 spiro atoms. The Hall–Kier alpha value is -1.46. The van der Waals surface area contributed by atoms with Gasteiger partial charge in [-0.05, 0) is 24.6 Å². The van der Waals surface area contributed by atoms with Crippen LogP contribution in [0.25, 0.3) is 10.9 Å². The van der Waals surface area contributed by atoms with E-state index in [2.05, 4.69) is 26.2 Å². The Morgan fingerprint density at radius 2 is 2.26 bits per heavy atom. The van der Waals surface area contributed by atoms with Crippen molar-refractivity contribution in [3.63, 3.8) is 0 Å². The highest BCUT2D eigenvalue weighted by Gasteiger charge is 2.08. The summed E-state index contributed by atoms with van der Waals surface area (Å²) in [5.74, 6) is -0.293. The lowest BCUT2D eigenvalue weighted by atomic mass is 10.1. The van der Waals surface area contributed by atoms with Gasteiger partial charge in [0, 0.05) is 35.1 Å². The molecule has 5 heteroatoms. The third-order valence-electron chi connectivity index (χ3n) is 2.95. The fourth-order valence-electron chi connectivity index (χ4n) is 2.00. The van der Waals surface area contributed by atoms with Crippen molar-refractivity contribution in [1.82, 2.24) is 10.3 Å². The fraction of sp³-hybridized carbons (Fsp3) is 0.286. The number of nitrogens with zero attached hydrogens (tertiary/aromatic N) is 1. The molecule has 0 saturated heterocycles. The lowest BCUT2D eigenvalue weighted by Crippen LogP contribution is -2.30. The van der Waals surface area contributed by atoms with Crippen molar-refractivity contribution in [3.05, 3.63) is 40.5 Å². The zero-order valence-corrected chi connectivity index (χ0v) is 12.3. The molecule has 0 fully saturated rings. The molecule has 1 aromatic heterocycles. The minimum Gasteiger partial charge on any atom is -0.370 e. The summed E-state index contributed by atoms with van der Waals surface area (Å²) < 4.78 is 1.03. The Balaban J connectivity index is 2.17. The smallest absolute Gasteiger partial charge is 0.218 e. The minimum atomic E-state index is -0.293. The lowest BCUT2D eigenvalue weighted by molar-refractivity contribution is -0.118. The van der Waals surface area contributed by atoms with Gasteiger partial charge in [-0.25, -0.2) is 0 Å². The number of nitrogens with two attached hydrogens (primary N) is 1. The number of hydrogen-bond donors (Lipinski definition) is 2. The fourth-order valence-corrected chi connectivity index (χ4v) is 2.45. The van der Waals surface area contributed by atoms with E-state index in [-0.39, 0.29) is 11.9 Å². The van der Waals surface area contributed by atoms with Crippen LogP contribution in [-0.2, 0) is 11.3 Å². The van der Waals surface area contributed by atoms with Crippen molar-refractivity contribution in [2.45, 2.75) is 25.9 Å². The van der Waals surface area contributed by atoms with Gasteiger partial charge < -0.3 is 11.1 Å². The molecular formula is C14H16BrN3O. The Bertz CT molecular complexity index is 600. The number of primary amides is 1. The average molecular weight is 322 g/mol. The number of carbonyl (C=O) groups is 1. The van der Waals surface area contributed by atoms with E-state index < -0.39 is 0 Å². The molecule has 4 nitrogen and oxygen atoms in total. The molecular weight excluding hydrogens is 306 g/mol. The third kappa shape index (κ3) is 3.52. The van der Waals surface area contributed by atoms with E-state index in [1.54, 1.807) is 6.20 Å². The van der Waals surface area contributed by atoms with Crippen LogP contribution in [0.1, 0.15) is 18.9 Å². The van der Waals surface area contributed by atoms with Gasteiger partial charge in [0.05, 0.1) is 5.52 Å². The predicted molar refractivity (Wildman–Crippen MR) is 79.6 cm³/mol. The van der Waals surface area contributed by atoms with Crippen molar-refractivity contribution in [2.24, 2.45) is 5.73 Å². The van der Waals surface area contributed by atoms with Crippen LogP contribution >= 0.6 is 15.9 Å². The largest absolute Gasteiger partial charge is 0.370 e. The molecule has 100 valence electrons. The summed E-state index contributed by atoms with van der Waals surface area (Å²) in [7, 11) is 0. The zero-order valence-electron chi connectivity index (χ0n) is 10.7. The van der Waals surface area contributed by atoms with Crippen LogP contribution in [0.5, 0.6) is 0 Å². The monoisotopic (exact) mass is 321 g/mol. The molecule has 1 atom stereocenters. The first-order valence-corrected chi connectivity index (χ1v) is 6.91. The SMILES string of the molecule is CC(CC(N)=O)NCc1ccc(Br)c2cccnc12. The molecule has 19 heavy (non-hydrogen) atoms. The molecule has 0 radical (unpaired) electrons. The second-order valence-electron chi connectivity index (χ2n) is 4.56. The number of hydrogen-bond acceptors (Lipinski definition) is 3. The van der Waals surface area contributed by atoms with Gasteiger partial charge in [0.15, 0.2) is 0 Å². The van der Waals surface area contributed by atoms with Crippen molar-refractivity contribution in [3.8, 4) is 0 Å². The normalized spacial score (nSPS) is 12.5. The maximum Gasteiger partial charge on any atom is 0.218 e. The second kappa shape index (κ2) is 6.12. The molecule has 2 rings (SSSR count). The Labute approximate surface area is 120 Å². The van der Waals surface area contributed by atoms with Crippen LogP contribution in [-0.4, -0.2) is 16.9 Å². The Morgan fingerprint density at radius 1 is 1.47 bits per heavy atom. The standard InChI is InChI=1S/C14H16BrN3O/c1-9(7-13(16)19)18-8-10-4-5-12(15)11-3-2-6-17-14(10)11/h2-6,9,18H,7-8H2,1H3,(H2,16,19). The molecule has 2 aromatic rings. The molecule has 0 saturated carbocycles. The predicted octanol–water partition coefficient (Wildman–Crippen LogP) is 2.35. The first-order chi connectivity index (χ1) is 9.08. The van der Waals surface area contributed by atoms with Crippen LogP contribution in [0.4, 0.5) is 0 Å². The number of halogens is 1. The average Bonchev–Trinajstić information content (AvgIpc) is 2.37. The van der Waals surface area contributed by atoms with Crippen molar-refractivity contribution in [2.75, 3.05) is 0 Å². The van der Waals surface area contributed by atoms with Gasteiger partial charge in [-0.1, -0.05) is 28.1 Å². The van der Waals surface area contributed by atoms with Crippen LogP contribution in [0, 0.1) is 0 Å². The number of amides is 1. The number of aromatic nitrogens is 1. The molecule has 0 aliphatic rings. The quantitative estimate of drug-likeness (QED) is 0.888. The van der Waals surface area contributed by atoms with E-state index in [1.165, 1.54) is 0 Å². The van der Waals surface area contributed by atoms with Crippen LogP contribution in [0.3, 0.4) is 0 Å². The highest BCUT2D eigenvalue weighted by Crippen LogP contribution is 2.25.